The first-order valence-electron chi connectivity index (χ1n) is 6.14. The molecule has 0 bridgehead atoms. The summed E-state index contributed by atoms with van der Waals surface area (Å²) in [6.07, 6.45) is 1.67. The van der Waals surface area contributed by atoms with Gasteiger partial charge in [-0.25, -0.2) is 0 Å². The van der Waals surface area contributed by atoms with Crippen LogP contribution in [-0.2, 0) is 14.3 Å². The van der Waals surface area contributed by atoms with Gasteiger partial charge in [0.15, 0.2) is 0 Å². The Kier molecular flexibility index (Phi) is 5.88. The van der Waals surface area contributed by atoms with E-state index in [0.29, 0.717) is 13.2 Å². The van der Waals surface area contributed by atoms with E-state index >= 15 is 0 Å². The summed E-state index contributed by atoms with van der Waals surface area (Å²) in [5.41, 5.74) is 0.0725. The Hall–Kier alpha value is -0.650. The zero-order chi connectivity index (χ0) is 12.7. The number of amides is 1. The minimum Gasteiger partial charge on any atom is -0.384 e. The van der Waals surface area contributed by atoms with Crippen LogP contribution in [-0.4, -0.2) is 52.5 Å². The summed E-state index contributed by atoms with van der Waals surface area (Å²) < 4.78 is 10.3. The number of piperidine rings is 1. The molecule has 1 amide bonds. The highest BCUT2D eigenvalue weighted by Crippen LogP contribution is 2.28. The molecule has 1 aliphatic heterocycles. The van der Waals surface area contributed by atoms with Crippen LogP contribution in [0, 0.1) is 5.41 Å². The second kappa shape index (κ2) is 6.93. The lowest BCUT2D eigenvalue weighted by molar-refractivity contribution is -0.130. The van der Waals surface area contributed by atoms with Gasteiger partial charge in [-0.1, -0.05) is 0 Å². The van der Waals surface area contributed by atoms with Crippen molar-refractivity contribution in [3.63, 3.8) is 0 Å². The van der Waals surface area contributed by atoms with E-state index in [1.165, 1.54) is 0 Å². The monoisotopic (exact) mass is 244 g/mol. The van der Waals surface area contributed by atoms with Crippen LogP contribution in [0.15, 0.2) is 0 Å². The fourth-order valence-corrected chi connectivity index (χ4v) is 2.16. The highest BCUT2D eigenvalue weighted by atomic mass is 16.5. The highest BCUT2D eigenvalue weighted by molar-refractivity contribution is 5.80. The van der Waals surface area contributed by atoms with Crippen LogP contribution in [0.3, 0.4) is 0 Å². The molecule has 2 N–H and O–H groups in total. The van der Waals surface area contributed by atoms with Crippen molar-refractivity contribution in [2.75, 3.05) is 40.5 Å². The summed E-state index contributed by atoms with van der Waals surface area (Å²) in [5.74, 6) is -0.0542. The van der Waals surface area contributed by atoms with Crippen molar-refractivity contribution >= 4 is 5.91 Å². The Bertz CT molecular complexity index is 234. The quantitative estimate of drug-likeness (QED) is 0.698. The smallest absolute Gasteiger partial charge is 0.248 e. The summed E-state index contributed by atoms with van der Waals surface area (Å²) in [7, 11) is 3.25. The highest BCUT2D eigenvalue weighted by Gasteiger charge is 2.32. The Morgan fingerprint density at radius 2 is 2.06 bits per heavy atom. The lowest BCUT2D eigenvalue weighted by Gasteiger charge is -2.37. The number of ether oxygens (including phenoxy) is 2. The van der Waals surface area contributed by atoms with E-state index in [0.717, 1.165) is 25.9 Å². The van der Waals surface area contributed by atoms with Crippen LogP contribution < -0.4 is 10.6 Å². The van der Waals surface area contributed by atoms with Gasteiger partial charge in [0, 0.05) is 26.2 Å². The molecule has 0 spiro atoms. The molecule has 100 valence electrons. The summed E-state index contributed by atoms with van der Waals surface area (Å²) >= 11 is 0. The number of rotatable bonds is 6. The zero-order valence-corrected chi connectivity index (χ0v) is 11.0. The zero-order valence-electron chi connectivity index (χ0n) is 11.0. The lowest BCUT2D eigenvalue weighted by atomic mass is 9.79. The first-order valence-corrected chi connectivity index (χ1v) is 6.14. The molecule has 1 rings (SSSR count). The van der Waals surface area contributed by atoms with Crippen LogP contribution in [0.25, 0.3) is 0 Å². The van der Waals surface area contributed by atoms with Crippen molar-refractivity contribution in [1.82, 2.24) is 10.6 Å². The van der Waals surface area contributed by atoms with E-state index in [-0.39, 0.29) is 11.3 Å². The number of hydrogen-bond acceptors (Lipinski definition) is 4. The van der Waals surface area contributed by atoms with E-state index in [2.05, 4.69) is 10.6 Å². The van der Waals surface area contributed by atoms with Crippen LogP contribution in [0.4, 0.5) is 0 Å². The third kappa shape index (κ3) is 4.26. The largest absolute Gasteiger partial charge is 0.384 e. The van der Waals surface area contributed by atoms with Crippen LogP contribution in [0.2, 0.25) is 0 Å². The molecule has 0 aromatic carbocycles. The third-order valence-electron chi connectivity index (χ3n) is 3.48. The molecule has 1 fully saturated rings. The molecule has 0 aromatic heterocycles. The van der Waals surface area contributed by atoms with Gasteiger partial charge < -0.3 is 20.1 Å². The number of carbonyl (C=O) groups is 1. The maximum Gasteiger partial charge on any atom is 0.248 e. The fraction of sp³-hybridized carbons (Fsp3) is 0.917. The molecule has 1 aliphatic rings. The number of hydrogen-bond donors (Lipinski definition) is 2. The second-order valence-electron chi connectivity index (χ2n) is 4.78. The van der Waals surface area contributed by atoms with Gasteiger partial charge >= 0.3 is 0 Å². The van der Waals surface area contributed by atoms with Crippen molar-refractivity contribution < 1.29 is 14.3 Å². The molecular weight excluding hydrogens is 220 g/mol. The molecule has 0 aromatic rings. The Labute approximate surface area is 103 Å². The first kappa shape index (κ1) is 14.4. The number of nitrogens with one attached hydrogen (secondary N) is 2. The molecule has 17 heavy (non-hydrogen) atoms. The van der Waals surface area contributed by atoms with Gasteiger partial charge in [-0.3, -0.25) is 4.79 Å². The van der Waals surface area contributed by atoms with E-state index < -0.39 is 6.10 Å². The van der Waals surface area contributed by atoms with E-state index in [4.69, 9.17) is 9.47 Å². The molecule has 1 heterocycles. The molecule has 1 saturated heterocycles. The second-order valence-corrected chi connectivity index (χ2v) is 4.78. The third-order valence-corrected chi connectivity index (χ3v) is 3.48. The number of methoxy groups -OCH3 is 2. The van der Waals surface area contributed by atoms with Gasteiger partial charge in [0.05, 0.1) is 6.61 Å². The van der Waals surface area contributed by atoms with Crippen molar-refractivity contribution in [2.45, 2.75) is 25.9 Å². The van der Waals surface area contributed by atoms with Crippen molar-refractivity contribution in [2.24, 2.45) is 5.41 Å². The Balaban J connectivity index is 2.46. The van der Waals surface area contributed by atoms with Gasteiger partial charge in [0.2, 0.25) is 5.91 Å². The topological polar surface area (TPSA) is 59.6 Å². The van der Waals surface area contributed by atoms with Crippen LogP contribution >= 0.6 is 0 Å². The summed E-state index contributed by atoms with van der Waals surface area (Å²) in [4.78, 5) is 11.7. The van der Waals surface area contributed by atoms with Gasteiger partial charge in [0.1, 0.15) is 6.10 Å². The van der Waals surface area contributed by atoms with Gasteiger partial charge in [0.25, 0.3) is 0 Å². The van der Waals surface area contributed by atoms with Gasteiger partial charge in [-0.15, -0.1) is 0 Å². The van der Waals surface area contributed by atoms with Crippen molar-refractivity contribution in [3.05, 3.63) is 0 Å². The molecule has 5 nitrogen and oxygen atoms in total. The maximum absolute atomic E-state index is 11.7. The SMILES string of the molecule is COCC1(CNC(=O)C(C)OC)CCNCC1. The minimum atomic E-state index is -0.392. The molecule has 5 heteroatoms. The maximum atomic E-state index is 11.7. The van der Waals surface area contributed by atoms with E-state index in [1.807, 2.05) is 0 Å². The summed E-state index contributed by atoms with van der Waals surface area (Å²) in [6, 6.07) is 0. The normalized spacial score (nSPS) is 20.9. The Morgan fingerprint density at radius 1 is 1.41 bits per heavy atom. The predicted octanol–water partition coefficient (Wildman–Crippen LogP) is 0.154. The average molecular weight is 244 g/mol. The van der Waals surface area contributed by atoms with E-state index in [1.54, 1.807) is 21.1 Å². The van der Waals surface area contributed by atoms with Gasteiger partial charge in [-0.05, 0) is 32.9 Å². The fourth-order valence-electron chi connectivity index (χ4n) is 2.16. The molecule has 0 radical (unpaired) electrons. The summed E-state index contributed by atoms with van der Waals surface area (Å²) in [5, 5.41) is 6.28. The van der Waals surface area contributed by atoms with E-state index in [9.17, 15) is 4.79 Å². The lowest BCUT2D eigenvalue weighted by Crippen LogP contribution is -2.48. The first-order chi connectivity index (χ1) is 8.13. The minimum absolute atomic E-state index is 0.0542. The molecule has 0 saturated carbocycles. The molecule has 1 unspecified atom stereocenters. The van der Waals surface area contributed by atoms with Crippen molar-refractivity contribution in [1.29, 1.82) is 0 Å². The van der Waals surface area contributed by atoms with Gasteiger partial charge in [-0.2, -0.15) is 0 Å². The predicted molar refractivity (Wildman–Crippen MR) is 65.9 cm³/mol. The van der Waals surface area contributed by atoms with Crippen LogP contribution in [0.5, 0.6) is 0 Å². The number of carbonyl (C=O) groups excluding carboxylic acids is 1. The van der Waals surface area contributed by atoms with Crippen LogP contribution in [0.1, 0.15) is 19.8 Å². The molecule has 1 atom stereocenters. The Morgan fingerprint density at radius 3 is 2.59 bits per heavy atom. The molecule has 0 aliphatic carbocycles. The average Bonchev–Trinajstić information content (AvgIpc) is 2.36. The standard InChI is InChI=1S/C12H24N2O3/c1-10(17-3)11(15)14-8-12(9-16-2)4-6-13-7-5-12/h10,13H,4-9H2,1-3H3,(H,14,15). The molecular formula is C12H24N2O3. The summed E-state index contributed by atoms with van der Waals surface area (Å²) in [6.45, 7) is 5.07. The van der Waals surface area contributed by atoms with Crippen molar-refractivity contribution in [3.8, 4) is 0 Å².